The molecule has 0 saturated heterocycles. The molecule has 0 aliphatic carbocycles. The van der Waals surface area contributed by atoms with Crippen LogP contribution in [0.3, 0.4) is 0 Å². The zero-order valence-corrected chi connectivity index (χ0v) is 6.04. The molecule has 0 saturated carbocycles. The summed E-state index contributed by atoms with van der Waals surface area (Å²) >= 11 is 0. The summed E-state index contributed by atoms with van der Waals surface area (Å²) in [7, 11) is 1.39. The van der Waals surface area contributed by atoms with Crippen molar-refractivity contribution >= 4 is 5.82 Å². The van der Waals surface area contributed by atoms with Crippen LogP contribution in [0.2, 0.25) is 0 Å². The first-order valence-corrected chi connectivity index (χ1v) is 2.87. The smallest absolute Gasteiger partial charge is 0.358 e. The molecule has 0 aliphatic heterocycles. The van der Waals surface area contributed by atoms with Crippen LogP contribution in [0.15, 0.2) is 0 Å². The molecule has 11 heavy (non-hydrogen) atoms. The van der Waals surface area contributed by atoms with Crippen LogP contribution in [-0.4, -0.2) is 14.5 Å². The second-order valence-corrected chi connectivity index (χ2v) is 2.09. The standard InChI is InChI=1S/C5H6FN3O2/c1-3-7-4(6)5(8(3)2)9(10)11/h1-2H3. The maximum Gasteiger partial charge on any atom is 0.379 e. The van der Waals surface area contributed by atoms with E-state index in [9.17, 15) is 14.5 Å². The second kappa shape index (κ2) is 2.30. The van der Waals surface area contributed by atoms with Gasteiger partial charge in [-0.1, -0.05) is 0 Å². The third kappa shape index (κ3) is 1.06. The summed E-state index contributed by atoms with van der Waals surface area (Å²) in [6, 6.07) is 0. The Labute approximate surface area is 61.6 Å². The number of imidazole rings is 1. The van der Waals surface area contributed by atoms with E-state index in [0.29, 0.717) is 0 Å². The van der Waals surface area contributed by atoms with E-state index in [1.54, 1.807) is 0 Å². The van der Waals surface area contributed by atoms with Gasteiger partial charge in [0.2, 0.25) is 0 Å². The second-order valence-electron chi connectivity index (χ2n) is 2.09. The number of nitrogens with zero attached hydrogens (tertiary/aromatic N) is 3. The van der Waals surface area contributed by atoms with E-state index < -0.39 is 16.7 Å². The fourth-order valence-electron chi connectivity index (χ4n) is 0.757. The fraction of sp³-hybridized carbons (Fsp3) is 0.400. The Morgan fingerprint density at radius 2 is 2.27 bits per heavy atom. The minimum absolute atomic E-state index is 0.286. The summed E-state index contributed by atoms with van der Waals surface area (Å²) < 4.78 is 13.6. The third-order valence-electron chi connectivity index (χ3n) is 1.42. The van der Waals surface area contributed by atoms with Gasteiger partial charge in [-0.15, -0.1) is 0 Å². The van der Waals surface area contributed by atoms with Crippen molar-refractivity contribution in [3.8, 4) is 0 Å². The highest BCUT2D eigenvalue weighted by Gasteiger charge is 2.21. The maximum absolute atomic E-state index is 12.5. The molecule has 5 nitrogen and oxygen atoms in total. The lowest BCUT2D eigenvalue weighted by Gasteiger charge is -1.92. The molecule has 1 heterocycles. The van der Waals surface area contributed by atoms with Crippen molar-refractivity contribution in [3.05, 3.63) is 21.9 Å². The van der Waals surface area contributed by atoms with Crippen molar-refractivity contribution in [1.29, 1.82) is 0 Å². The van der Waals surface area contributed by atoms with Crippen molar-refractivity contribution in [1.82, 2.24) is 9.55 Å². The van der Waals surface area contributed by atoms with Gasteiger partial charge in [-0.05, 0) is 4.92 Å². The Hall–Kier alpha value is -1.46. The molecule has 0 atom stereocenters. The number of aryl methyl sites for hydroxylation is 1. The molecule has 6 heteroatoms. The van der Waals surface area contributed by atoms with Gasteiger partial charge in [0.15, 0.2) is 5.82 Å². The molecule has 0 aromatic carbocycles. The number of halogens is 1. The predicted octanol–water partition coefficient (Wildman–Crippen LogP) is 0.776. The SMILES string of the molecule is Cc1nc(F)c([N+](=O)[O-])n1C. The van der Waals surface area contributed by atoms with Crippen LogP contribution in [0.25, 0.3) is 0 Å². The monoisotopic (exact) mass is 159 g/mol. The van der Waals surface area contributed by atoms with Gasteiger partial charge in [-0.3, -0.25) is 0 Å². The third-order valence-corrected chi connectivity index (χ3v) is 1.42. The fourth-order valence-corrected chi connectivity index (χ4v) is 0.757. The van der Waals surface area contributed by atoms with Gasteiger partial charge in [0.25, 0.3) is 0 Å². The predicted molar refractivity (Wildman–Crippen MR) is 34.6 cm³/mol. The Kier molecular flexibility index (Phi) is 1.60. The molecular weight excluding hydrogens is 153 g/mol. The average Bonchev–Trinajstić information content (AvgIpc) is 2.07. The molecule has 0 N–H and O–H groups in total. The summed E-state index contributed by atoms with van der Waals surface area (Å²) in [4.78, 5) is 12.7. The normalized spacial score (nSPS) is 10.1. The van der Waals surface area contributed by atoms with Gasteiger partial charge < -0.3 is 10.1 Å². The molecule has 1 aromatic rings. The van der Waals surface area contributed by atoms with Crippen LogP contribution in [0.4, 0.5) is 10.2 Å². The quantitative estimate of drug-likeness (QED) is 0.449. The summed E-state index contributed by atoms with van der Waals surface area (Å²) in [5.41, 5.74) is 0. The number of hydrogen-bond acceptors (Lipinski definition) is 3. The molecular formula is C5H6FN3O2. The minimum Gasteiger partial charge on any atom is -0.358 e. The van der Waals surface area contributed by atoms with E-state index in [1.165, 1.54) is 14.0 Å². The molecule has 0 radical (unpaired) electrons. The lowest BCUT2D eigenvalue weighted by molar-refractivity contribution is -0.394. The van der Waals surface area contributed by atoms with Crippen LogP contribution in [0, 0.1) is 23.0 Å². The van der Waals surface area contributed by atoms with E-state index in [0.717, 1.165) is 4.57 Å². The Morgan fingerprint density at radius 1 is 1.73 bits per heavy atom. The van der Waals surface area contributed by atoms with Crippen LogP contribution >= 0.6 is 0 Å². The number of rotatable bonds is 1. The number of hydrogen-bond donors (Lipinski definition) is 0. The van der Waals surface area contributed by atoms with E-state index in [1.807, 2.05) is 0 Å². The lowest BCUT2D eigenvalue weighted by Crippen LogP contribution is -1.99. The lowest BCUT2D eigenvalue weighted by atomic mass is 10.7. The molecule has 60 valence electrons. The van der Waals surface area contributed by atoms with E-state index in [4.69, 9.17) is 0 Å². The van der Waals surface area contributed by atoms with Gasteiger partial charge in [-0.2, -0.15) is 9.37 Å². The molecule has 0 unspecified atom stereocenters. The molecule has 1 aromatic heterocycles. The highest BCUT2D eigenvalue weighted by Crippen LogP contribution is 2.15. The molecule has 1 rings (SSSR count). The van der Waals surface area contributed by atoms with Crippen molar-refractivity contribution in [3.63, 3.8) is 0 Å². The molecule has 0 fully saturated rings. The number of aromatic nitrogens is 2. The number of nitro groups is 1. The van der Waals surface area contributed by atoms with Gasteiger partial charge >= 0.3 is 11.8 Å². The van der Waals surface area contributed by atoms with Gasteiger partial charge in [0.05, 0.1) is 7.05 Å². The van der Waals surface area contributed by atoms with Crippen LogP contribution in [0.5, 0.6) is 0 Å². The summed E-state index contributed by atoms with van der Waals surface area (Å²) in [6.45, 7) is 1.50. The molecule has 0 spiro atoms. The first-order chi connectivity index (χ1) is 5.04. The summed E-state index contributed by atoms with van der Waals surface area (Å²) in [5, 5.41) is 10.2. The highest BCUT2D eigenvalue weighted by atomic mass is 19.1. The van der Waals surface area contributed by atoms with Gasteiger partial charge in [0.1, 0.15) is 0 Å². The van der Waals surface area contributed by atoms with Crippen molar-refractivity contribution in [2.24, 2.45) is 7.05 Å². The van der Waals surface area contributed by atoms with Gasteiger partial charge in [-0.25, -0.2) is 4.57 Å². The minimum atomic E-state index is -1.03. The van der Waals surface area contributed by atoms with Crippen LogP contribution in [-0.2, 0) is 7.05 Å². The molecule has 0 aliphatic rings. The first-order valence-electron chi connectivity index (χ1n) is 2.87. The van der Waals surface area contributed by atoms with Crippen LogP contribution < -0.4 is 0 Å². The van der Waals surface area contributed by atoms with E-state index in [2.05, 4.69) is 4.98 Å². The Bertz CT molecular complexity index is 307. The average molecular weight is 159 g/mol. The topological polar surface area (TPSA) is 61.0 Å². The summed E-state index contributed by atoms with van der Waals surface area (Å²) in [5.74, 6) is -1.34. The van der Waals surface area contributed by atoms with Crippen molar-refractivity contribution < 1.29 is 9.31 Å². The zero-order valence-electron chi connectivity index (χ0n) is 6.04. The van der Waals surface area contributed by atoms with Crippen molar-refractivity contribution in [2.45, 2.75) is 6.92 Å². The van der Waals surface area contributed by atoms with E-state index in [-0.39, 0.29) is 5.82 Å². The highest BCUT2D eigenvalue weighted by molar-refractivity contribution is 5.20. The van der Waals surface area contributed by atoms with E-state index >= 15 is 0 Å². The van der Waals surface area contributed by atoms with Gasteiger partial charge in [0, 0.05) is 6.92 Å². The largest absolute Gasteiger partial charge is 0.379 e. The van der Waals surface area contributed by atoms with Crippen LogP contribution in [0.1, 0.15) is 5.82 Å². The first kappa shape index (κ1) is 7.64. The Balaban J connectivity index is 3.34. The van der Waals surface area contributed by atoms with Crippen molar-refractivity contribution in [2.75, 3.05) is 0 Å². The zero-order chi connectivity index (χ0) is 8.59. The molecule has 0 bridgehead atoms. The molecule has 0 amide bonds. The Morgan fingerprint density at radius 3 is 2.45 bits per heavy atom. The maximum atomic E-state index is 12.5. The summed E-state index contributed by atoms with van der Waals surface area (Å²) in [6.07, 6.45) is 0.